The van der Waals surface area contributed by atoms with E-state index >= 15 is 0 Å². The zero-order valence-electron chi connectivity index (χ0n) is 15.1. The first-order valence-corrected chi connectivity index (χ1v) is 10.8. The molecule has 1 aliphatic rings. The van der Waals surface area contributed by atoms with Crippen molar-refractivity contribution >= 4 is 21.6 Å². The summed E-state index contributed by atoms with van der Waals surface area (Å²) in [6, 6.07) is 5.63. The minimum atomic E-state index is -3.43. The van der Waals surface area contributed by atoms with E-state index in [0.29, 0.717) is 23.8 Å². The molecule has 1 aromatic carbocycles. The summed E-state index contributed by atoms with van der Waals surface area (Å²) in [6.07, 6.45) is 8.66. The number of carbonyl (C=O) groups excluding carboxylic acids is 1. The molecule has 1 fully saturated rings. The number of carbonyl (C=O) groups is 1. The van der Waals surface area contributed by atoms with Gasteiger partial charge in [0.05, 0.1) is 17.5 Å². The van der Waals surface area contributed by atoms with Gasteiger partial charge >= 0.3 is 0 Å². The van der Waals surface area contributed by atoms with Crippen LogP contribution in [0.2, 0.25) is 0 Å². The second kappa shape index (κ2) is 9.20. The first kappa shape index (κ1) is 19.7. The summed E-state index contributed by atoms with van der Waals surface area (Å²) in [6.45, 7) is 3.10. The van der Waals surface area contributed by atoms with E-state index in [1.807, 2.05) is 6.92 Å². The van der Waals surface area contributed by atoms with E-state index in [0.717, 1.165) is 18.4 Å². The summed E-state index contributed by atoms with van der Waals surface area (Å²) >= 11 is 0. The van der Waals surface area contributed by atoms with E-state index in [1.54, 1.807) is 18.2 Å². The van der Waals surface area contributed by atoms with Crippen molar-refractivity contribution in [3.8, 4) is 0 Å². The molecule has 1 aromatic rings. The van der Waals surface area contributed by atoms with Crippen molar-refractivity contribution < 1.29 is 13.2 Å². The van der Waals surface area contributed by atoms with Gasteiger partial charge in [-0.2, -0.15) is 0 Å². The molecule has 0 aliphatic heterocycles. The molecular weight excluding hydrogens is 338 g/mol. The normalized spacial score (nSPS) is 16.2. The van der Waals surface area contributed by atoms with Gasteiger partial charge in [0.2, 0.25) is 10.0 Å². The lowest BCUT2D eigenvalue weighted by molar-refractivity contribution is 0.0954. The van der Waals surface area contributed by atoms with Gasteiger partial charge in [0.1, 0.15) is 0 Å². The predicted molar refractivity (Wildman–Crippen MR) is 101 cm³/mol. The molecule has 0 atom stereocenters. The van der Waals surface area contributed by atoms with Gasteiger partial charge < -0.3 is 10.6 Å². The van der Waals surface area contributed by atoms with Crippen LogP contribution in [-0.2, 0) is 10.0 Å². The minimum Gasteiger partial charge on any atom is -0.351 e. The molecule has 1 amide bonds. The lowest BCUT2D eigenvalue weighted by Gasteiger charge is -2.17. The number of amides is 1. The Morgan fingerprint density at radius 2 is 1.80 bits per heavy atom. The van der Waals surface area contributed by atoms with E-state index in [4.69, 9.17) is 0 Å². The summed E-state index contributed by atoms with van der Waals surface area (Å²) in [5, 5.41) is 6.38. The van der Waals surface area contributed by atoms with Crippen molar-refractivity contribution in [1.29, 1.82) is 0 Å². The molecule has 0 heterocycles. The topological polar surface area (TPSA) is 87.3 Å². The SMILES string of the molecule is Cc1ccc(NS(C)(=O)=O)c(C(=O)NCCNC2CCCCCC2)c1. The van der Waals surface area contributed by atoms with Crippen molar-refractivity contribution in [2.24, 2.45) is 0 Å². The van der Waals surface area contributed by atoms with Crippen molar-refractivity contribution in [3.05, 3.63) is 29.3 Å². The highest BCUT2D eigenvalue weighted by Gasteiger charge is 2.15. The zero-order valence-corrected chi connectivity index (χ0v) is 15.9. The van der Waals surface area contributed by atoms with Gasteiger partial charge in [0.15, 0.2) is 0 Å². The summed E-state index contributed by atoms with van der Waals surface area (Å²) < 4.78 is 25.3. The van der Waals surface area contributed by atoms with Crippen molar-refractivity contribution in [1.82, 2.24) is 10.6 Å². The van der Waals surface area contributed by atoms with Crippen molar-refractivity contribution in [2.75, 3.05) is 24.1 Å². The number of benzene rings is 1. The van der Waals surface area contributed by atoms with Gasteiger partial charge in [-0.3, -0.25) is 9.52 Å². The summed E-state index contributed by atoms with van der Waals surface area (Å²) in [4.78, 5) is 12.4. The van der Waals surface area contributed by atoms with Crippen LogP contribution in [0, 0.1) is 6.92 Å². The van der Waals surface area contributed by atoms with Crippen LogP contribution >= 0.6 is 0 Å². The highest BCUT2D eigenvalue weighted by Crippen LogP contribution is 2.19. The van der Waals surface area contributed by atoms with E-state index in [9.17, 15) is 13.2 Å². The highest BCUT2D eigenvalue weighted by molar-refractivity contribution is 7.92. The quantitative estimate of drug-likeness (QED) is 0.510. The predicted octanol–water partition coefficient (Wildman–Crippen LogP) is 2.41. The molecule has 0 unspecified atom stereocenters. The number of sulfonamides is 1. The van der Waals surface area contributed by atoms with Crippen LogP contribution in [0.15, 0.2) is 18.2 Å². The van der Waals surface area contributed by atoms with Crippen LogP contribution in [0.3, 0.4) is 0 Å². The molecule has 25 heavy (non-hydrogen) atoms. The number of aryl methyl sites for hydroxylation is 1. The Labute approximate surface area is 150 Å². The fourth-order valence-corrected chi connectivity index (χ4v) is 3.74. The van der Waals surface area contributed by atoms with Gasteiger partial charge in [0, 0.05) is 19.1 Å². The van der Waals surface area contributed by atoms with E-state index in [1.165, 1.54) is 38.5 Å². The average Bonchev–Trinajstić information content (AvgIpc) is 2.80. The van der Waals surface area contributed by atoms with Crippen LogP contribution in [0.5, 0.6) is 0 Å². The minimum absolute atomic E-state index is 0.266. The second-order valence-electron chi connectivity index (χ2n) is 6.82. The second-order valence-corrected chi connectivity index (χ2v) is 8.57. The first-order chi connectivity index (χ1) is 11.8. The zero-order chi connectivity index (χ0) is 18.3. The van der Waals surface area contributed by atoms with Crippen LogP contribution in [-0.4, -0.2) is 39.7 Å². The monoisotopic (exact) mass is 367 g/mol. The van der Waals surface area contributed by atoms with E-state index < -0.39 is 10.0 Å². The third-order valence-corrected chi connectivity index (χ3v) is 5.00. The molecule has 7 heteroatoms. The lowest BCUT2D eigenvalue weighted by atomic mass is 10.1. The van der Waals surface area contributed by atoms with Crippen molar-refractivity contribution in [2.45, 2.75) is 51.5 Å². The Morgan fingerprint density at radius 3 is 2.44 bits per heavy atom. The van der Waals surface area contributed by atoms with E-state index in [2.05, 4.69) is 15.4 Å². The Balaban J connectivity index is 1.88. The first-order valence-electron chi connectivity index (χ1n) is 8.95. The van der Waals surface area contributed by atoms with Crippen LogP contribution in [0.25, 0.3) is 0 Å². The fourth-order valence-electron chi connectivity index (χ4n) is 3.17. The molecular formula is C18H29N3O3S. The Bertz CT molecular complexity index is 681. The van der Waals surface area contributed by atoms with Gasteiger partial charge in [-0.05, 0) is 31.9 Å². The lowest BCUT2D eigenvalue weighted by Crippen LogP contribution is -2.37. The van der Waals surface area contributed by atoms with Gasteiger partial charge in [-0.25, -0.2) is 8.42 Å². The van der Waals surface area contributed by atoms with Crippen LogP contribution < -0.4 is 15.4 Å². The Kier molecular flexibility index (Phi) is 7.25. The summed E-state index contributed by atoms with van der Waals surface area (Å²) in [5.74, 6) is -0.266. The van der Waals surface area contributed by atoms with Crippen LogP contribution in [0.1, 0.15) is 54.4 Å². The number of nitrogens with one attached hydrogen (secondary N) is 3. The molecule has 1 aliphatic carbocycles. The number of hydrogen-bond donors (Lipinski definition) is 3. The van der Waals surface area contributed by atoms with Gasteiger partial charge in [0.25, 0.3) is 5.91 Å². The number of anilines is 1. The molecule has 0 spiro atoms. The maximum atomic E-state index is 12.4. The smallest absolute Gasteiger partial charge is 0.253 e. The van der Waals surface area contributed by atoms with Gasteiger partial charge in [-0.15, -0.1) is 0 Å². The van der Waals surface area contributed by atoms with Crippen LogP contribution in [0.4, 0.5) is 5.69 Å². The molecule has 0 radical (unpaired) electrons. The number of rotatable bonds is 7. The molecule has 3 N–H and O–H groups in total. The molecule has 0 aromatic heterocycles. The van der Waals surface area contributed by atoms with E-state index in [-0.39, 0.29) is 5.91 Å². The third-order valence-electron chi connectivity index (χ3n) is 4.41. The summed E-state index contributed by atoms with van der Waals surface area (Å²) in [7, 11) is -3.43. The van der Waals surface area contributed by atoms with Crippen molar-refractivity contribution in [3.63, 3.8) is 0 Å². The standard InChI is InChI=1S/C18H29N3O3S/c1-14-9-10-17(21-25(2,23)24)16(13-14)18(22)20-12-11-19-15-7-5-3-4-6-8-15/h9-10,13,15,19,21H,3-8,11-12H2,1-2H3,(H,20,22). The molecule has 0 saturated heterocycles. The average molecular weight is 368 g/mol. The molecule has 6 nitrogen and oxygen atoms in total. The summed E-state index contributed by atoms with van der Waals surface area (Å²) in [5.41, 5.74) is 1.56. The maximum absolute atomic E-state index is 12.4. The Morgan fingerprint density at radius 1 is 1.12 bits per heavy atom. The molecule has 1 saturated carbocycles. The highest BCUT2D eigenvalue weighted by atomic mass is 32.2. The largest absolute Gasteiger partial charge is 0.351 e. The molecule has 2 rings (SSSR count). The maximum Gasteiger partial charge on any atom is 0.253 e. The molecule has 0 bridgehead atoms. The Hall–Kier alpha value is -1.60. The third kappa shape index (κ3) is 7.04. The molecule has 140 valence electrons. The fraction of sp³-hybridized carbons (Fsp3) is 0.611. The number of hydrogen-bond acceptors (Lipinski definition) is 4. The van der Waals surface area contributed by atoms with Gasteiger partial charge in [-0.1, -0.05) is 37.3 Å².